The molecular formula is C45H30N4. The lowest BCUT2D eigenvalue weighted by Crippen LogP contribution is -2.04. The first kappa shape index (κ1) is 12.1. The molecule has 230 valence electrons. The summed E-state index contributed by atoms with van der Waals surface area (Å²) in [6.45, 7) is 0. The first-order valence-electron chi connectivity index (χ1n) is 27.8. The summed E-state index contributed by atoms with van der Waals surface area (Å²) < 4.78 is 237. The number of aromatic nitrogens is 4. The highest BCUT2D eigenvalue weighted by atomic mass is 15.1. The Labute approximate surface area is 322 Å². The summed E-state index contributed by atoms with van der Waals surface area (Å²) in [6, 6.07) is -19.5. The van der Waals surface area contributed by atoms with Crippen molar-refractivity contribution >= 4 is 21.8 Å². The van der Waals surface area contributed by atoms with Gasteiger partial charge in [0.2, 0.25) is 0 Å². The molecule has 0 saturated carbocycles. The number of hydrogen-bond donors (Lipinski definition) is 0. The minimum Gasteiger partial charge on any atom is -0.309 e. The summed E-state index contributed by atoms with van der Waals surface area (Å²) in [6.07, 6.45) is 0. The van der Waals surface area contributed by atoms with E-state index in [2.05, 4.69) is 15.0 Å². The Hall–Kier alpha value is -6.65. The predicted molar refractivity (Wildman–Crippen MR) is 201 cm³/mol. The van der Waals surface area contributed by atoms with Crippen LogP contribution in [0, 0.1) is 0 Å². The summed E-state index contributed by atoms with van der Waals surface area (Å²) in [5, 5.41) is -1.01. The van der Waals surface area contributed by atoms with Crippen LogP contribution >= 0.6 is 0 Å². The van der Waals surface area contributed by atoms with Gasteiger partial charge in [-0.25, -0.2) is 15.0 Å². The highest BCUT2D eigenvalue weighted by Crippen LogP contribution is 2.39. The van der Waals surface area contributed by atoms with Crippen molar-refractivity contribution in [1.82, 2.24) is 19.5 Å². The van der Waals surface area contributed by atoms with Crippen LogP contribution in [0.3, 0.4) is 0 Å². The fraction of sp³-hybridized carbons (Fsp3) is 0. The van der Waals surface area contributed by atoms with Crippen molar-refractivity contribution in [3.05, 3.63) is 181 Å². The van der Waals surface area contributed by atoms with Crippen LogP contribution in [0.4, 0.5) is 0 Å². The smallest absolute Gasteiger partial charge is 0.166 e. The van der Waals surface area contributed by atoms with Crippen molar-refractivity contribution < 1.29 is 37.0 Å². The highest BCUT2D eigenvalue weighted by molar-refractivity contribution is 6.11. The van der Waals surface area contributed by atoms with Crippen LogP contribution in [0.15, 0.2) is 181 Å². The number of fused-ring (bicyclic) bond motifs is 3. The van der Waals surface area contributed by atoms with Gasteiger partial charge in [-0.05, 0) is 52.5 Å². The largest absolute Gasteiger partial charge is 0.309 e. The van der Waals surface area contributed by atoms with E-state index < -0.39 is 236 Å². The van der Waals surface area contributed by atoms with Crippen molar-refractivity contribution in [3.63, 3.8) is 0 Å². The lowest BCUT2D eigenvalue weighted by atomic mass is 10.0. The van der Waals surface area contributed by atoms with E-state index in [1.54, 1.807) is 0 Å². The molecule has 0 aliphatic heterocycles. The van der Waals surface area contributed by atoms with Crippen molar-refractivity contribution in [2.45, 2.75) is 0 Å². The second-order valence-electron chi connectivity index (χ2n) is 10.1. The zero-order valence-corrected chi connectivity index (χ0v) is 24.5. The lowest BCUT2D eigenvalue weighted by Gasteiger charge is -2.16. The monoisotopic (exact) mass is 653 g/mol. The Balaban J connectivity index is 1.55. The number of para-hydroxylation sites is 1. The van der Waals surface area contributed by atoms with Crippen LogP contribution in [0.2, 0.25) is 0 Å². The first-order valence-corrected chi connectivity index (χ1v) is 14.3. The van der Waals surface area contributed by atoms with E-state index in [1.807, 2.05) is 0 Å². The molecule has 4 heteroatoms. The van der Waals surface area contributed by atoms with Gasteiger partial charge < -0.3 is 4.57 Å². The molecule has 2 heterocycles. The van der Waals surface area contributed by atoms with Gasteiger partial charge in [-0.2, -0.15) is 0 Å². The van der Waals surface area contributed by atoms with Gasteiger partial charge in [-0.15, -0.1) is 0 Å². The van der Waals surface area contributed by atoms with Gasteiger partial charge in [0.15, 0.2) is 17.5 Å². The minimum atomic E-state index is -0.931. The number of benzene rings is 7. The van der Waals surface area contributed by atoms with E-state index in [1.165, 1.54) is 6.07 Å². The third-order valence-corrected chi connectivity index (χ3v) is 7.26. The quantitative estimate of drug-likeness (QED) is 0.179. The Morgan fingerprint density at radius 1 is 0.388 bits per heavy atom. The van der Waals surface area contributed by atoms with Gasteiger partial charge in [-0.1, -0.05) is 151 Å². The van der Waals surface area contributed by atoms with Gasteiger partial charge >= 0.3 is 0 Å². The summed E-state index contributed by atoms with van der Waals surface area (Å²) >= 11 is 0. The zero-order chi connectivity index (χ0) is 56.1. The van der Waals surface area contributed by atoms with Crippen LogP contribution in [0.5, 0.6) is 0 Å². The third-order valence-electron chi connectivity index (χ3n) is 7.26. The van der Waals surface area contributed by atoms with Gasteiger partial charge in [0, 0.05) is 27.5 Å². The van der Waals surface area contributed by atoms with E-state index in [-0.39, 0.29) is 11.3 Å². The van der Waals surface area contributed by atoms with Crippen LogP contribution < -0.4 is 0 Å². The van der Waals surface area contributed by atoms with Gasteiger partial charge in [-0.3, -0.25) is 0 Å². The Morgan fingerprint density at radius 3 is 1.49 bits per heavy atom. The summed E-state index contributed by atoms with van der Waals surface area (Å²) in [4.78, 5) is 13.4. The normalized spacial score (nSPS) is 19.0. The Kier molecular flexibility index (Phi) is 3.01. The average molecular weight is 654 g/mol. The molecule has 2 aromatic heterocycles. The third kappa shape index (κ3) is 5.26. The molecule has 9 rings (SSSR count). The summed E-state index contributed by atoms with van der Waals surface area (Å²) in [7, 11) is 0. The number of nitrogens with zero attached hydrogens (tertiary/aromatic N) is 4. The van der Waals surface area contributed by atoms with E-state index in [0.29, 0.717) is 0 Å². The standard InChI is InChI=1S/C45H30N4/c1-5-15-31(16-6-1)35-25-27-41-38(29-35)37-23-13-14-24-40(37)49(41)42-28-26-36(32-17-7-2-8-18-32)30-39(42)45-47-43(33-19-9-3-10-20-33)46-44(48-45)34-21-11-4-12-22-34/h1-30H/i1D,2D,3D,4D,5D,6D,7D,8D,9D,10D,11D,12D,13D,14D,15D,16D,17D,18D,19D,20D,21D,22D,23D,24D,25D,27D,29D. The van der Waals surface area contributed by atoms with Crippen LogP contribution in [-0.4, -0.2) is 19.5 Å². The lowest BCUT2D eigenvalue weighted by molar-refractivity contribution is 1.06. The van der Waals surface area contributed by atoms with Crippen molar-refractivity contribution in [2.24, 2.45) is 0 Å². The molecule has 0 aliphatic carbocycles. The van der Waals surface area contributed by atoms with Gasteiger partial charge in [0.1, 0.15) is 0 Å². The molecule has 0 saturated heterocycles. The number of hydrogen-bond acceptors (Lipinski definition) is 3. The Bertz CT molecular complexity index is 3950. The molecule has 0 fully saturated rings. The highest BCUT2D eigenvalue weighted by Gasteiger charge is 2.20. The maximum absolute atomic E-state index is 9.66. The minimum absolute atomic E-state index is 0.218. The SMILES string of the molecule is [2H]c1c([2H])c([2H])c(-c2ccc(-n3c4c([2H])c([2H])c([2H])c([2H])c4c4c([2H])c(-c5c([2H])c([2H])c([2H])c([2H])c5[2H])c([2H])c([2H])c43)c(-c3nc(-c4c([2H])c([2H])c([2H])c([2H])c4[2H])nc(-c4c([2H])c([2H])c([2H])c([2H])c4[2H])n3)c2)c([2H])c1[2H]. The maximum Gasteiger partial charge on any atom is 0.166 e. The molecule has 4 nitrogen and oxygen atoms in total. The summed E-state index contributed by atoms with van der Waals surface area (Å²) in [5.74, 6) is -2.27. The zero-order valence-electron chi connectivity index (χ0n) is 51.5. The second kappa shape index (κ2) is 12.2. The van der Waals surface area contributed by atoms with Crippen LogP contribution in [0.1, 0.15) is 37.0 Å². The Morgan fingerprint density at radius 2 is 0.878 bits per heavy atom. The van der Waals surface area contributed by atoms with Crippen molar-refractivity contribution in [2.75, 3.05) is 0 Å². The predicted octanol–water partition coefficient (Wildman–Crippen LogP) is 11.3. The maximum atomic E-state index is 9.66. The van der Waals surface area contributed by atoms with E-state index >= 15 is 0 Å². The fourth-order valence-corrected chi connectivity index (χ4v) is 5.16. The van der Waals surface area contributed by atoms with Gasteiger partial charge in [0.05, 0.1) is 53.7 Å². The average Bonchev–Trinajstić information content (AvgIpc) is 3.86. The molecule has 0 spiro atoms. The molecular weight excluding hydrogens is 597 g/mol. The van der Waals surface area contributed by atoms with Crippen LogP contribution in [0.25, 0.3) is 83.9 Å². The molecule has 0 radical (unpaired) electrons. The summed E-state index contributed by atoms with van der Waals surface area (Å²) in [5.41, 5.74) is -5.35. The molecule has 0 atom stereocenters. The second-order valence-corrected chi connectivity index (χ2v) is 10.1. The van der Waals surface area contributed by atoms with Crippen molar-refractivity contribution in [1.29, 1.82) is 0 Å². The fourth-order valence-electron chi connectivity index (χ4n) is 5.16. The number of rotatable bonds is 6. The molecule has 0 aliphatic rings. The molecule has 0 unspecified atom stereocenters. The molecule has 9 aromatic rings. The topological polar surface area (TPSA) is 43.6 Å². The molecule has 0 bridgehead atoms. The van der Waals surface area contributed by atoms with E-state index in [0.717, 1.165) is 16.7 Å². The van der Waals surface area contributed by atoms with Crippen molar-refractivity contribution in [3.8, 4) is 62.1 Å². The molecule has 0 amide bonds. The van der Waals surface area contributed by atoms with E-state index in [9.17, 15) is 6.85 Å². The molecule has 49 heavy (non-hydrogen) atoms. The van der Waals surface area contributed by atoms with E-state index in [4.69, 9.17) is 30.2 Å². The first-order chi connectivity index (χ1) is 35.5. The molecule has 0 N–H and O–H groups in total. The van der Waals surface area contributed by atoms with Gasteiger partial charge in [0.25, 0.3) is 0 Å². The van der Waals surface area contributed by atoms with Crippen LogP contribution in [-0.2, 0) is 0 Å². The molecule has 7 aromatic carbocycles.